The molecule has 3 heteroatoms. The number of benzene rings is 2. The third-order valence-electron chi connectivity index (χ3n) is 2.69. The predicted molar refractivity (Wildman–Crippen MR) is 68.6 cm³/mol. The SMILES string of the molecule is Cc1cccc2c1Oc1ccccc1[As]2Cl. The molecule has 0 saturated heterocycles. The van der Waals surface area contributed by atoms with Crippen LogP contribution in [-0.2, 0) is 0 Å². The Balaban J connectivity index is 2.22. The first-order chi connectivity index (χ1) is 7.77. The zero-order chi connectivity index (χ0) is 11.1. The van der Waals surface area contributed by atoms with Crippen molar-refractivity contribution in [3.8, 4) is 11.5 Å². The molecule has 1 nitrogen and oxygen atoms in total. The summed E-state index contributed by atoms with van der Waals surface area (Å²) < 4.78 is 8.32. The van der Waals surface area contributed by atoms with Gasteiger partial charge in [-0.05, 0) is 0 Å². The van der Waals surface area contributed by atoms with Crippen LogP contribution in [0.4, 0.5) is 0 Å². The summed E-state index contributed by atoms with van der Waals surface area (Å²) in [5.74, 6) is 1.90. The van der Waals surface area contributed by atoms with Gasteiger partial charge in [0.05, 0.1) is 0 Å². The standard InChI is InChI=1S/C13H10AsClO/c1-9-5-4-7-11-13(9)16-12-8-3-2-6-10(12)14(11)15/h2-8H,1H3. The minimum absolute atomic E-state index is 0.930. The van der Waals surface area contributed by atoms with Gasteiger partial charge in [0, 0.05) is 0 Å². The van der Waals surface area contributed by atoms with Gasteiger partial charge in [-0.2, -0.15) is 0 Å². The molecule has 0 radical (unpaired) electrons. The molecule has 1 heterocycles. The second-order valence-corrected chi connectivity index (χ2v) is 8.73. The fourth-order valence-corrected chi connectivity index (χ4v) is 6.24. The Hall–Kier alpha value is -0.912. The Morgan fingerprint density at radius 3 is 2.62 bits per heavy atom. The Kier molecular flexibility index (Phi) is 2.46. The Labute approximate surface area is 103 Å². The van der Waals surface area contributed by atoms with Crippen LogP contribution in [0.3, 0.4) is 0 Å². The third kappa shape index (κ3) is 1.47. The molecule has 3 rings (SSSR count). The topological polar surface area (TPSA) is 9.23 Å². The van der Waals surface area contributed by atoms with Crippen LogP contribution in [0.1, 0.15) is 5.56 Å². The van der Waals surface area contributed by atoms with Crippen LogP contribution in [0.5, 0.6) is 11.5 Å². The van der Waals surface area contributed by atoms with Crippen molar-refractivity contribution in [1.29, 1.82) is 0 Å². The van der Waals surface area contributed by atoms with Crippen molar-refractivity contribution in [1.82, 2.24) is 0 Å². The average molecular weight is 293 g/mol. The van der Waals surface area contributed by atoms with Crippen molar-refractivity contribution in [2.75, 3.05) is 0 Å². The van der Waals surface area contributed by atoms with Crippen LogP contribution in [-0.4, -0.2) is 13.7 Å². The fourth-order valence-electron chi connectivity index (χ4n) is 1.87. The van der Waals surface area contributed by atoms with Crippen LogP contribution < -0.4 is 13.4 Å². The van der Waals surface area contributed by atoms with Gasteiger partial charge in [0.1, 0.15) is 0 Å². The fraction of sp³-hybridized carbons (Fsp3) is 0.0769. The molecule has 1 aliphatic rings. The third-order valence-corrected chi connectivity index (χ3v) is 7.87. The van der Waals surface area contributed by atoms with Crippen molar-refractivity contribution < 1.29 is 4.74 Å². The molecular weight excluding hydrogens is 283 g/mol. The number of halogens is 1. The molecule has 80 valence electrons. The van der Waals surface area contributed by atoms with Gasteiger partial charge in [0.2, 0.25) is 0 Å². The monoisotopic (exact) mass is 292 g/mol. The summed E-state index contributed by atoms with van der Waals surface area (Å²) >= 11 is -1.64. The molecule has 0 fully saturated rings. The van der Waals surface area contributed by atoms with Gasteiger partial charge in [-0.3, -0.25) is 0 Å². The summed E-state index contributed by atoms with van der Waals surface area (Å²) in [6.45, 7) is 2.06. The van der Waals surface area contributed by atoms with Crippen LogP contribution in [0.2, 0.25) is 0 Å². The van der Waals surface area contributed by atoms with E-state index in [1.54, 1.807) is 0 Å². The number of hydrogen-bond acceptors (Lipinski definition) is 1. The normalized spacial score (nSPS) is 17.2. The molecule has 1 unspecified atom stereocenters. The van der Waals surface area contributed by atoms with Crippen molar-refractivity contribution >= 4 is 32.4 Å². The Morgan fingerprint density at radius 2 is 1.75 bits per heavy atom. The van der Waals surface area contributed by atoms with Gasteiger partial charge in [-0.25, -0.2) is 0 Å². The maximum absolute atomic E-state index is 6.62. The molecule has 0 bridgehead atoms. The molecular formula is C13H10AsClO. The van der Waals surface area contributed by atoms with Gasteiger partial charge >= 0.3 is 104 Å². The van der Waals surface area contributed by atoms with Crippen LogP contribution in [0.15, 0.2) is 42.5 Å². The van der Waals surface area contributed by atoms with Crippen molar-refractivity contribution in [2.24, 2.45) is 0 Å². The van der Waals surface area contributed by atoms with Crippen LogP contribution in [0, 0.1) is 6.92 Å². The molecule has 0 saturated carbocycles. The summed E-state index contributed by atoms with van der Waals surface area (Å²) in [5.41, 5.74) is 1.16. The Morgan fingerprint density at radius 1 is 1.00 bits per heavy atom. The van der Waals surface area contributed by atoms with Crippen molar-refractivity contribution in [2.45, 2.75) is 6.92 Å². The zero-order valence-corrected chi connectivity index (χ0v) is 11.4. The van der Waals surface area contributed by atoms with Crippen molar-refractivity contribution in [3.05, 3.63) is 48.0 Å². The number of para-hydroxylation sites is 2. The van der Waals surface area contributed by atoms with E-state index in [4.69, 9.17) is 14.7 Å². The van der Waals surface area contributed by atoms with Crippen LogP contribution >= 0.6 is 9.95 Å². The second kappa shape index (κ2) is 3.83. The summed E-state index contributed by atoms with van der Waals surface area (Å²) in [4.78, 5) is 0. The minimum atomic E-state index is -1.64. The molecule has 0 aliphatic carbocycles. The van der Waals surface area contributed by atoms with Gasteiger partial charge in [0.25, 0.3) is 0 Å². The van der Waals surface area contributed by atoms with Gasteiger partial charge in [-0.15, -0.1) is 0 Å². The molecule has 0 N–H and O–H groups in total. The van der Waals surface area contributed by atoms with E-state index in [-0.39, 0.29) is 0 Å². The summed E-state index contributed by atoms with van der Waals surface area (Å²) in [6, 6.07) is 14.3. The van der Waals surface area contributed by atoms with Gasteiger partial charge in [0.15, 0.2) is 0 Å². The van der Waals surface area contributed by atoms with E-state index in [9.17, 15) is 0 Å². The van der Waals surface area contributed by atoms with E-state index >= 15 is 0 Å². The molecule has 0 spiro atoms. The zero-order valence-electron chi connectivity index (χ0n) is 8.77. The van der Waals surface area contributed by atoms with E-state index in [2.05, 4.69) is 31.2 Å². The summed E-state index contributed by atoms with van der Waals surface area (Å²) in [7, 11) is 6.62. The molecule has 1 aliphatic heterocycles. The van der Waals surface area contributed by atoms with E-state index in [0.717, 1.165) is 17.1 Å². The summed E-state index contributed by atoms with van der Waals surface area (Å²) in [5, 5.41) is 0. The van der Waals surface area contributed by atoms with E-state index < -0.39 is 13.7 Å². The first-order valence-corrected chi connectivity index (χ1v) is 9.44. The molecule has 0 aromatic heterocycles. The van der Waals surface area contributed by atoms with E-state index in [1.165, 1.54) is 8.70 Å². The average Bonchev–Trinajstić information content (AvgIpc) is 2.31. The second-order valence-electron chi connectivity index (χ2n) is 3.77. The van der Waals surface area contributed by atoms with Crippen molar-refractivity contribution in [3.63, 3.8) is 0 Å². The molecule has 2 aromatic rings. The first kappa shape index (κ1) is 10.3. The molecule has 0 amide bonds. The number of hydrogen-bond donors (Lipinski definition) is 0. The summed E-state index contributed by atoms with van der Waals surface area (Å²) in [6.07, 6.45) is 0. The number of fused-ring (bicyclic) bond motifs is 2. The number of rotatable bonds is 0. The Bertz CT molecular complexity index is 553. The molecule has 1 atom stereocenters. The predicted octanol–water partition coefficient (Wildman–Crippen LogP) is 2.45. The number of aryl methyl sites for hydroxylation is 1. The van der Waals surface area contributed by atoms with Gasteiger partial charge in [-0.1, -0.05) is 0 Å². The first-order valence-electron chi connectivity index (χ1n) is 5.10. The van der Waals surface area contributed by atoms with E-state index in [1.807, 2.05) is 18.2 Å². The maximum atomic E-state index is 6.62. The van der Waals surface area contributed by atoms with E-state index in [0.29, 0.717) is 0 Å². The van der Waals surface area contributed by atoms with Crippen LogP contribution in [0.25, 0.3) is 0 Å². The van der Waals surface area contributed by atoms with Gasteiger partial charge < -0.3 is 0 Å². The molecule has 2 aromatic carbocycles. The quantitative estimate of drug-likeness (QED) is 0.678. The number of ether oxygens (including phenoxy) is 1. The molecule has 16 heavy (non-hydrogen) atoms.